The quantitative estimate of drug-likeness (QED) is 0.704. The van der Waals surface area contributed by atoms with Crippen LogP contribution in [0.5, 0.6) is 0 Å². The Morgan fingerprint density at radius 1 is 1.21 bits per heavy atom. The SMILES string of the molecule is CCOC(=O)Nc1ncc(-c2ccncc2-c2ccccc2Cl)s1. The zero-order valence-corrected chi connectivity index (χ0v) is 14.4. The summed E-state index contributed by atoms with van der Waals surface area (Å²) in [5, 5.41) is 3.74. The van der Waals surface area contributed by atoms with E-state index in [0.29, 0.717) is 16.8 Å². The Balaban J connectivity index is 1.95. The van der Waals surface area contributed by atoms with Crippen LogP contribution in [0.2, 0.25) is 5.02 Å². The van der Waals surface area contributed by atoms with Crippen molar-refractivity contribution >= 4 is 34.2 Å². The van der Waals surface area contributed by atoms with Gasteiger partial charge >= 0.3 is 6.09 Å². The van der Waals surface area contributed by atoms with Gasteiger partial charge in [0.25, 0.3) is 0 Å². The first-order valence-electron chi connectivity index (χ1n) is 7.28. The number of amides is 1. The molecule has 0 aliphatic rings. The van der Waals surface area contributed by atoms with Crippen molar-refractivity contribution in [3.8, 4) is 21.6 Å². The summed E-state index contributed by atoms with van der Waals surface area (Å²) in [5.74, 6) is 0. The van der Waals surface area contributed by atoms with E-state index < -0.39 is 6.09 Å². The van der Waals surface area contributed by atoms with Gasteiger partial charge in [0.15, 0.2) is 5.13 Å². The molecule has 3 aromatic rings. The van der Waals surface area contributed by atoms with E-state index in [0.717, 1.165) is 21.6 Å². The molecule has 0 atom stereocenters. The number of rotatable bonds is 4. The summed E-state index contributed by atoms with van der Waals surface area (Å²) in [6, 6.07) is 9.50. The molecule has 0 unspecified atom stereocenters. The number of nitrogens with one attached hydrogen (secondary N) is 1. The van der Waals surface area contributed by atoms with E-state index in [1.807, 2.05) is 30.3 Å². The number of ether oxygens (including phenoxy) is 1. The first kappa shape index (κ1) is 16.4. The third-order valence-corrected chi connectivity index (χ3v) is 4.52. The number of anilines is 1. The first-order chi connectivity index (χ1) is 11.7. The van der Waals surface area contributed by atoms with Gasteiger partial charge in [0.05, 0.1) is 11.5 Å². The first-order valence-corrected chi connectivity index (χ1v) is 8.47. The second-order valence-corrected chi connectivity index (χ2v) is 6.21. The summed E-state index contributed by atoms with van der Waals surface area (Å²) in [6.07, 6.45) is 4.68. The van der Waals surface area contributed by atoms with Crippen LogP contribution in [0, 0.1) is 0 Å². The van der Waals surface area contributed by atoms with Crippen molar-refractivity contribution in [1.82, 2.24) is 9.97 Å². The molecular formula is C17H14ClN3O2S. The van der Waals surface area contributed by atoms with Crippen LogP contribution in [0.4, 0.5) is 9.93 Å². The van der Waals surface area contributed by atoms with Crippen LogP contribution >= 0.6 is 22.9 Å². The van der Waals surface area contributed by atoms with Gasteiger partial charge in [0.1, 0.15) is 0 Å². The molecule has 0 spiro atoms. The standard InChI is InChI=1S/C17H14ClN3O2S/c1-2-23-17(22)21-16-20-10-15(24-16)12-7-8-19-9-13(12)11-5-3-4-6-14(11)18/h3-10H,2H2,1H3,(H,20,21,22). The van der Waals surface area contributed by atoms with Crippen molar-refractivity contribution in [2.24, 2.45) is 0 Å². The second-order valence-electron chi connectivity index (χ2n) is 4.78. The molecule has 0 aliphatic carbocycles. The highest BCUT2D eigenvalue weighted by atomic mass is 35.5. The lowest BCUT2D eigenvalue weighted by molar-refractivity contribution is 0.168. The Morgan fingerprint density at radius 3 is 2.83 bits per heavy atom. The van der Waals surface area contributed by atoms with Crippen molar-refractivity contribution in [3.63, 3.8) is 0 Å². The van der Waals surface area contributed by atoms with E-state index in [9.17, 15) is 4.79 Å². The third-order valence-electron chi connectivity index (χ3n) is 3.24. The molecule has 0 aliphatic heterocycles. The molecule has 122 valence electrons. The van der Waals surface area contributed by atoms with Crippen LogP contribution in [-0.2, 0) is 4.74 Å². The van der Waals surface area contributed by atoms with Crippen LogP contribution in [0.1, 0.15) is 6.92 Å². The number of carbonyl (C=O) groups excluding carboxylic acids is 1. The number of hydrogen-bond donors (Lipinski definition) is 1. The lowest BCUT2D eigenvalue weighted by atomic mass is 10.0. The van der Waals surface area contributed by atoms with Gasteiger partial charge in [-0.1, -0.05) is 41.1 Å². The Bertz CT molecular complexity index is 866. The van der Waals surface area contributed by atoms with Crippen molar-refractivity contribution in [1.29, 1.82) is 0 Å². The number of aromatic nitrogens is 2. The number of thiazole rings is 1. The monoisotopic (exact) mass is 359 g/mol. The molecule has 1 N–H and O–H groups in total. The zero-order chi connectivity index (χ0) is 16.9. The summed E-state index contributed by atoms with van der Waals surface area (Å²) < 4.78 is 4.86. The molecule has 1 amide bonds. The summed E-state index contributed by atoms with van der Waals surface area (Å²) in [6.45, 7) is 2.06. The zero-order valence-electron chi connectivity index (χ0n) is 12.8. The van der Waals surface area contributed by atoms with Gasteiger partial charge in [-0.05, 0) is 19.1 Å². The molecule has 24 heavy (non-hydrogen) atoms. The molecule has 2 aromatic heterocycles. The molecular weight excluding hydrogens is 346 g/mol. The lowest BCUT2D eigenvalue weighted by Crippen LogP contribution is -2.12. The van der Waals surface area contributed by atoms with E-state index in [4.69, 9.17) is 16.3 Å². The van der Waals surface area contributed by atoms with Crippen molar-refractivity contribution in [3.05, 3.63) is 53.9 Å². The number of benzene rings is 1. The second kappa shape index (κ2) is 7.42. The molecule has 0 radical (unpaired) electrons. The van der Waals surface area contributed by atoms with Crippen LogP contribution < -0.4 is 5.32 Å². The topological polar surface area (TPSA) is 64.1 Å². The minimum absolute atomic E-state index is 0.311. The number of hydrogen-bond acceptors (Lipinski definition) is 5. The van der Waals surface area contributed by atoms with Gasteiger partial charge in [-0.2, -0.15) is 0 Å². The van der Waals surface area contributed by atoms with Crippen molar-refractivity contribution < 1.29 is 9.53 Å². The molecule has 0 saturated carbocycles. The molecule has 5 nitrogen and oxygen atoms in total. The van der Waals surface area contributed by atoms with Crippen LogP contribution in [0.25, 0.3) is 21.6 Å². The average molecular weight is 360 g/mol. The summed E-state index contributed by atoms with van der Waals surface area (Å²) in [7, 11) is 0. The lowest BCUT2D eigenvalue weighted by Gasteiger charge is -2.08. The van der Waals surface area contributed by atoms with E-state index in [2.05, 4.69) is 15.3 Å². The predicted octanol–water partition coefficient (Wildman–Crippen LogP) is 5.09. The summed E-state index contributed by atoms with van der Waals surface area (Å²) >= 11 is 7.67. The number of nitrogens with zero attached hydrogens (tertiary/aromatic N) is 2. The van der Waals surface area contributed by atoms with Gasteiger partial charge in [-0.25, -0.2) is 9.78 Å². The number of halogens is 1. The fourth-order valence-corrected chi connectivity index (χ4v) is 3.29. The fourth-order valence-electron chi connectivity index (χ4n) is 2.21. The molecule has 7 heteroatoms. The van der Waals surface area contributed by atoms with E-state index in [-0.39, 0.29) is 0 Å². The Kier molecular flexibility index (Phi) is 5.08. The Morgan fingerprint density at radius 2 is 2.04 bits per heavy atom. The van der Waals surface area contributed by atoms with Crippen molar-refractivity contribution in [2.75, 3.05) is 11.9 Å². The van der Waals surface area contributed by atoms with Gasteiger partial charge < -0.3 is 4.74 Å². The molecule has 3 rings (SSSR count). The fraction of sp³-hybridized carbons (Fsp3) is 0.118. The Labute approximate surface area is 148 Å². The van der Waals surface area contributed by atoms with Gasteiger partial charge in [-0.15, -0.1) is 0 Å². The molecule has 2 heterocycles. The maximum absolute atomic E-state index is 11.5. The minimum atomic E-state index is -0.514. The Hall–Kier alpha value is -2.44. The third kappa shape index (κ3) is 3.55. The van der Waals surface area contributed by atoms with Crippen LogP contribution in [0.3, 0.4) is 0 Å². The van der Waals surface area contributed by atoms with Gasteiger partial charge in [-0.3, -0.25) is 10.3 Å². The van der Waals surface area contributed by atoms with E-state index in [1.165, 1.54) is 11.3 Å². The highest BCUT2D eigenvalue weighted by molar-refractivity contribution is 7.19. The summed E-state index contributed by atoms with van der Waals surface area (Å²) in [5.41, 5.74) is 2.76. The van der Waals surface area contributed by atoms with Gasteiger partial charge in [0.2, 0.25) is 0 Å². The molecule has 1 aromatic carbocycles. The highest BCUT2D eigenvalue weighted by Crippen LogP contribution is 2.38. The predicted molar refractivity (Wildman–Crippen MR) is 96.4 cm³/mol. The maximum atomic E-state index is 11.5. The van der Waals surface area contributed by atoms with E-state index in [1.54, 1.807) is 25.5 Å². The highest BCUT2D eigenvalue weighted by Gasteiger charge is 2.14. The minimum Gasteiger partial charge on any atom is -0.450 e. The molecule has 0 bridgehead atoms. The van der Waals surface area contributed by atoms with E-state index >= 15 is 0 Å². The average Bonchev–Trinajstić information content (AvgIpc) is 3.04. The smallest absolute Gasteiger partial charge is 0.413 e. The normalized spacial score (nSPS) is 10.4. The molecule has 0 fully saturated rings. The number of pyridine rings is 1. The molecule has 0 saturated heterocycles. The van der Waals surface area contributed by atoms with Crippen LogP contribution in [-0.4, -0.2) is 22.7 Å². The summed E-state index contributed by atoms with van der Waals surface area (Å²) in [4.78, 5) is 20.8. The maximum Gasteiger partial charge on any atom is 0.413 e. The van der Waals surface area contributed by atoms with Crippen LogP contribution in [0.15, 0.2) is 48.9 Å². The number of carbonyl (C=O) groups is 1. The van der Waals surface area contributed by atoms with Crippen molar-refractivity contribution in [2.45, 2.75) is 6.92 Å². The largest absolute Gasteiger partial charge is 0.450 e. The van der Waals surface area contributed by atoms with Gasteiger partial charge in [0, 0.05) is 40.3 Å².